The number of aliphatic hydroxyl groups is 1. The number of aromatic hydroxyl groups is 1. The second kappa shape index (κ2) is 5.12. The lowest BCUT2D eigenvalue weighted by atomic mass is 10.1. The maximum absolute atomic E-state index is 10.5. The van der Waals surface area contributed by atoms with Crippen LogP contribution in [0.5, 0.6) is 5.75 Å². The van der Waals surface area contributed by atoms with Gasteiger partial charge in [0, 0.05) is 6.07 Å². The van der Waals surface area contributed by atoms with E-state index in [4.69, 9.17) is 5.11 Å². The molecule has 92 valence electrons. The first-order valence-corrected chi connectivity index (χ1v) is 4.54. The van der Waals surface area contributed by atoms with Crippen LogP contribution in [0, 0.1) is 10.1 Å². The van der Waals surface area contributed by atoms with Gasteiger partial charge in [0.25, 0.3) is 0 Å². The Labute approximate surface area is 95.3 Å². The third-order valence-corrected chi connectivity index (χ3v) is 2.03. The summed E-state index contributed by atoms with van der Waals surface area (Å²) >= 11 is 0. The average molecular weight is 242 g/mol. The zero-order valence-electron chi connectivity index (χ0n) is 8.53. The van der Waals surface area contributed by atoms with E-state index < -0.39 is 28.6 Å². The molecule has 8 heteroatoms. The van der Waals surface area contributed by atoms with Gasteiger partial charge in [-0.05, 0) is 11.6 Å². The van der Waals surface area contributed by atoms with Gasteiger partial charge in [0.2, 0.25) is 0 Å². The van der Waals surface area contributed by atoms with Crippen LogP contribution in [-0.4, -0.2) is 32.9 Å². The molecular weight excluding hydrogens is 232 g/mol. The summed E-state index contributed by atoms with van der Waals surface area (Å²) in [6, 6.07) is 3.33. The SMILES string of the molecule is O=C(O)NC[C@H](O)c1ccc(O)c([N+](=O)[O-])c1. The summed E-state index contributed by atoms with van der Waals surface area (Å²) in [5, 5.41) is 39.5. The van der Waals surface area contributed by atoms with Crippen LogP contribution >= 0.6 is 0 Å². The molecule has 1 amide bonds. The van der Waals surface area contributed by atoms with E-state index in [9.17, 15) is 25.1 Å². The van der Waals surface area contributed by atoms with Crippen LogP contribution in [0.25, 0.3) is 0 Å². The minimum atomic E-state index is -1.31. The zero-order valence-corrected chi connectivity index (χ0v) is 8.53. The number of nitrogens with one attached hydrogen (secondary N) is 1. The molecule has 1 aromatic carbocycles. The molecule has 0 radical (unpaired) electrons. The average Bonchev–Trinajstić information content (AvgIpc) is 2.26. The fourth-order valence-electron chi connectivity index (χ4n) is 1.20. The zero-order chi connectivity index (χ0) is 13.0. The fourth-order valence-corrected chi connectivity index (χ4v) is 1.20. The number of amides is 1. The van der Waals surface area contributed by atoms with Gasteiger partial charge in [-0.1, -0.05) is 6.07 Å². The number of benzene rings is 1. The van der Waals surface area contributed by atoms with Gasteiger partial charge in [-0.2, -0.15) is 0 Å². The molecule has 1 aromatic rings. The van der Waals surface area contributed by atoms with E-state index in [-0.39, 0.29) is 12.1 Å². The highest BCUT2D eigenvalue weighted by Gasteiger charge is 2.17. The van der Waals surface area contributed by atoms with Crippen molar-refractivity contribution >= 4 is 11.8 Å². The number of nitro groups is 1. The Morgan fingerprint density at radius 1 is 1.53 bits per heavy atom. The third-order valence-electron chi connectivity index (χ3n) is 2.03. The molecule has 0 saturated heterocycles. The monoisotopic (exact) mass is 242 g/mol. The molecule has 0 spiro atoms. The van der Waals surface area contributed by atoms with Crippen molar-refractivity contribution in [1.29, 1.82) is 0 Å². The molecule has 0 fully saturated rings. The first-order valence-electron chi connectivity index (χ1n) is 4.54. The maximum atomic E-state index is 10.5. The van der Waals surface area contributed by atoms with Crippen molar-refractivity contribution in [3.05, 3.63) is 33.9 Å². The number of hydrogen-bond acceptors (Lipinski definition) is 5. The predicted octanol–water partition coefficient (Wildman–Crippen LogP) is 0.601. The summed E-state index contributed by atoms with van der Waals surface area (Å²) in [5.41, 5.74) is -0.403. The lowest BCUT2D eigenvalue weighted by Gasteiger charge is -2.10. The highest BCUT2D eigenvalue weighted by molar-refractivity contribution is 5.64. The molecule has 8 nitrogen and oxygen atoms in total. The van der Waals surface area contributed by atoms with Gasteiger partial charge in [-0.25, -0.2) is 4.79 Å². The fraction of sp³-hybridized carbons (Fsp3) is 0.222. The van der Waals surface area contributed by atoms with Crippen LogP contribution in [-0.2, 0) is 0 Å². The van der Waals surface area contributed by atoms with Crippen molar-refractivity contribution in [3.8, 4) is 5.75 Å². The highest BCUT2D eigenvalue weighted by Crippen LogP contribution is 2.28. The molecule has 0 unspecified atom stereocenters. The summed E-state index contributed by atoms with van der Waals surface area (Å²) in [6.45, 7) is -0.294. The standard InChI is InChI=1S/C9H10N2O6/c12-7-2-1-5(3-6(7)11(16)17)8(13)4-10-9(14)15/h1-3,8,10,12-13H,4H2,(H,14,15)/t8-/m0/s1. The highest BCUT2D eigenvalue weighted by atomic mass is 16.6. The van der Waals surface area contributed by atoms with Gasteiger partial charge in [-0.3, -0.25) is 10.1 Å². The molecule has 1 atom stereocenters. The number of phenolic OH excluding ortho intramolecular Hbond substituents is 1. The van der Waals surface area contributed by atoms with Crippen LogP contribution in [0.15, 0.2) is 18.2 Å². The topological polar surface area (TPSA) is 133 Å². The summed E-state index contributed by atoms with van der Waals surface area (Å²) < 4.78 is 0. The number of aliphatic hydroxyl groups excluding tert-OH is 1. The van der Waals surface area contributed by atoms with Crippen molar-refractivity contribution in [2.24, 2.45) is 0 Å². The Morgan fingerprint density at radius 2 is 2.18 bits per heavy atom. The molecular formula is C9H10N2O6. The number of nitro benzene ring substituents is 1. The van der Waals surface area contributed by atoms with E-state index >= 15 is 0 Å². The lowest BCUT2D eigenvalue weighted by Crippen LogP contribution is -2.26. The first-order chi connectivity index (χ1) is 7.91. The van der Waals surface area contributed by atoms with Crippen molar-refractivity contribution in [3.63, 3.8) is 0 Å². The van der Waals surface area contributed by atoms with Crippen LogP contribution in [0.4, 0.5) is 10.5 Å². The van der Waals surface area contributed by atoms with Crippen molar-refractivity contribution in [1.82, 2.24) is 5.32 Å². The quantitative estimate of drug-likeness (QED) is 0.451. The number of nitrogens with zero attached hydrogens (tertiary/aromatic N) is 1. The Kier molecular flexibility index (Phi) is 3.83. The summed E-state index contributed by atoms with van der Waals surface area (Å²) in [6.07, 6.45) is -2.53. The van der Waals surface area contributed by atoms with Gasteiger partial charge in [0.05, 0.1) is 17.6 Å². The van der Waals surface area contributed by atoms with Gasteiger partial charge in [-0.15, -0.1) is 0 Å². The normalized spacial score (nSPS) is 11.8. The largest absolute Gasteiger partial charge is 0.502 e. The van der Waals surface area contributed by atoms with E-state index in [0.717, 1.165) is 12.1 Å². The van der Waals surface area contributed by atoms with Gasteiger partial charge < -0.3 is 20.6 Å². The van der Waals surface area contributed by atoms with Crippen molar-refractivity contribution in [2.75, 3.05) is 6.54 Å². The number of carbonyl (C=O) groups is 1. The van der Waals surface area contributed by atoms with Gasteiger partial charge >= 0.3 is 11.8 Å². The summed E-state index contributed by atoms with van der Waals surface area (Å²) in [7, 11) is 0. The smallest absolute Gasteiger partial charge is 0.404 e. The second-order valence-electron chi connectivity index (χ2n) is 3.21. The second-order valence-corrected chi connectivity index (χ2v) is 3.21. The molecule has 0 aliphatic rings. The van der Waals surface area contributed by atoms with Gasteiger partial charge in [0.1, 0.15) is 0 Å². The van der Waals surface area contributed by atoms with Crippen molar-refractivity contribution < 1.29 is 25.0 Å². The molecule has 17 heavy (non-hydrogen) atoms. The Bertz CT molecular complexity index is 447. The van der Waals surface area contributed by atoms with Crippen LogP contribution in [0.3, 0.4) is 0 Å². The van der Waals surface area contributed by atoms with Crippen LogP contribution in [0.1, 0.15) is 11.7 Å². The molecule has 0 heterocycles. The van der Waals surface area contributed by atoms with E-state index in [1.807, 2.05) is 5.32 Å². The maximum Gasteiger partial charge on any atom is 0.404 e. The lowest BCUT2D eigenvalue weighted by molar-refractivity contribution is -0.386. The Morgan fingerprint density at radius 3 is 2.71 bits per heavy atom. The van der Waals surface area contributed by atoms with Crippen molar-refractivity contribution in [2.45, 2.75) is 6.10 Å². The first kappa shape index (κ1) is 12.7. The predicted molar refractivity (Wildman–Crippen MR) is 55.7 cm³/mol. The number of rotatable bonds is 4. The van der Waals surface area contributed by atoms with E-state index in [0.29, 0.717) is 0 Å². The number of phenols is 1. The van der Waals surface area contributed by atoms with E-state index in [1.54, 1.807) is 0 Å². The number of carboxylic acid groups (broad SMARTS) is 1. The van der Waals surface area contributed by atoms with Crippen LogP contribution < -0.4 is 5.32 Å². The third kappa shape index (κ3) is 3.31. The Hall–Kier alpha value is -2.35. The van der Waals surface area contributed by atoms with Crippen LogP contribution in [0.2, 0.25) is 0 Å². The molecule has 0 aromatic heterocycles. The molecule has 1 rings (SSSR count). The molecule has 0 aliphatic carbocycles. The molecule has 0 bridgehead atoms. The minimum Gasteiger partial charge on any atom is -0.502 e. The summed E-state index contributed by atoms with van der Waals surface area (Å²) in [5.74, 6) is -0.517. The van der Waals surface area contributed by atoms with Gasteiger partial charge in [0.15, 0.2) is 5.75 Å². The van der Waals surface area contributed by atoms with E-state index in [2.05, 4.69) is 0 Å². The minimum absolute atomic E-state index is 0.142. The van der Waals surface area contributed by atoms with E-state index in [1.165, 1.54) is 6.07 Å². The number of hydrogen-bond donors (Lipinski definition) is 4. The molecule has 4 N–H and O–H groups in total. The molecule has 0 saturated carbocycles. The Balaban J connectivity index is 2.87. The molecule has 0 aliphatic heterocycles. The summed E-state index contributed by atoms with van der Waals surface area (Å²) in [4.78, 5) is 19.9.